The molecule has 0 amide bonds. The maximum atomic E-state index is 5.69. The Morgan fingerprint density at radius 3 is 2.60 bits per heavy atom. The van der Waals surface area contributed by atoms with Crippen molar-refractivity contribution in [2.75, 3.05) is 7.11 Å². The van der Waals surface area contributed by atoms with Gasteiger partial charge in [0.05, 0.1) is 18.1 Å². The third-order valence-electron chi connectivity index (χ3n) is 2.93. The smallest absolute Gasteiger partial charge is 0.146 e. The van der Waals surface area contributed by atoms with Crippen LogP contribution in [0.1, 0.15) is 5.82 Å². The summed E-state index contributed by atoms with van der Waals surface area (Å²) in [6.45, 7) is 0.401. The summed E-state index contributed by atoms with van der Waals surface area (Å²) >= 11 is 3.44. The number of H-pyrrole nitrogens is 1. The van der Waals surface area contributed by atoms with Gasteiger partial charge in [-0.1, -0.05) is 15.9 Å². The maximum absolute atomic E-state index is 5.69. The minimum absolute atomic E-state index is 0.401. The Morgan fingerprint density at radius 2 is 1.85 bits per heavy atom. The molecule has 0 fully saturated rings. The number of imidazole rings is 1. The van der Waals surface area contributed by atoms with E-state index in [2.05, 4.69) is 25.9 Å². The number of ether oxygens (including phenoxy) is 2. The Bertz CT molecular complexity index is 722. The summed E-state index contributed by atoms with van der Waals surface area (Å²) in [7, 11) is 1.64. The minimum Gasteiger partial charge on any atom is -0.497 e. The highest BCUT2D eigenvalue weighted by atomic mass is 79.9. The SMILES string of the molecule is COc1ccc(OCc2nc3ccc(Br)cc3[nH]2)cc1. The standard InChI is InChI=1S/C15H13BrN2O2/c1-19-11-3-5-12(6-4-11)20-9-15-17-13-7-2-10(16)8-14(13)18-15/h2-8H,9H2,1H3,(H,17,18). The zero-order valence-electron chi connectivity index (χ0n) is 10.9. The minimum atomic E-state index is 0.401. The molecule has 0 radical (unpaired) electrons. The summed E-state index contributed by atoms with van der Waals surface area (Å²) in [5.41, 5.74) is 1.93. The second kappa shape index (κ2) is 5.54. The van der Waals surface area contributed by atoms with Crippen LogP contribution in [0.15, 0.2) is 46.9 Å². The number of hydrogen-bond donors (Lipinski definition) is 1. The van der Waals surface area contributed by atoms with Gasteiger partial charge in [0.25, 0.3) is 0 Å². The van der Waals surface area contributed by atoms with Gasteiger partial charge in [0.15, 0.2) is 0 Å². The van der Waals surface area contributed by atoms with Crippen LogP contribution in [-0.2, 0) is 6.61 Å². The molecule has 0 aliphatic heterocycles. The summed E-state index contributed by atoms with van der Waals surface area (Å²) in [6.07, 6.45) is 0. The number of nitrogens with zero attached hydrogens (tertiary/aromatic N) is 1. The van der Waals surface area contributed by atoms with Crippen LogP contribution < -0.4 is 9.47 Å². The van der Waals surface area contributed by atoms with Crippen molar-refractivity contribution < 1.29 is 9.47 Å². The maximum Gasteiger partial charge on any atom is 0.146 e. The highest BCUT2D eigenvalue weighted by molar-refractivity contribution is 9.10. The molecule has 0 spiro atoms. The number of aromatic nitrogens is 2. The van der Waals surface area contributed by atoms with Crippen molar-refractivity contribution in [3.8, 4) is 11.5 Å². The van der Waals surface area contributed by atoms with Gasteiger partial charge < -0.3 is 14.5 Å². The van der Waals surface area contributed by atoms with Crippen molar-refractivity contribution in [3.05, 3.63) is 52.8 Å². The highest BCUT2D eigenvalue weighted by Gasteiger charge is 2.04. The molecular formula is C15H13BrN2O2. The molecule has 2 aromatic carbocycles. The third kappa shape index (κ3) is 2.77. The first-order valence-electron chi connectivity index (χ1n) is 6.15. The number of methoxy groups -OCH3 is 1. The van der Waals surface area contributed by atoms with E-state index in [-0.39, 0.29) is 0 Å². The van der Waals surface area contributed by atoms with Crippen LogP contribution >= 0.6 is 15.9 Å². The van der Waals surface area contributed by atoms with Gasteiger partial charge >= 0.3 is 0 Å². The summed E-state index contributed by atoms with van der Waals surface area (Å²) < 4.78 is 11.8. The first-order chi connectivity index (χ1) is 9.74. The average molecular weight is 333 g/mol. The van der Waals surface area contributed by atoms with Crippen LogP contribution in [0.5, 0.6) is 11.5 Å². The fraction of sp³-hybridized carbons (Fsp3) is 0.133. The molecule has 3 aromatic rings. The quantitative estimate of drug-likeness (QED) is 0.787. The molecule has 0 aliphatic rings. The van der Waals surface area contributed by atoms with Crippen LogP contribution in [0.3, 0.4) is 0 Å². The molecule has 0 bridgehead atoms. The summed E-state index contributed by atoms with van der Waals surface area (Å²) in [6, 6.07) is 13.4. The molecule has 0 aliphatic carbocycles. The molecule has 3 rings (SSSR count). The Balaban J connectivity index is 1.72. The molecule has 1 heterocycles. The van der Waals surface area contributed by atoms with Crippen LogP contribution in [0.25, 0.3) is 11.0 Å². The molecule has 0 saturated heterocycles. The molecular weight excluding hydrogens is 320 g/mol. The first-order valence-corrected chi connectivity index (χ1v) is 6.95. The van der Waals surface area contributed by atoms with Crippen molar-refractivity contribution in [2.45, 2.75) is 6.61 Å². The van der Waals surface area contributed by atoms with Gasteiger partial charge in [-0.3, -0.25) is 0 Å². The van der Waals surface area contributed by atoms with Gasteiger partial charge in [-0.05, 0) is 42.5 Å². The summed E-state index contributed by atoms with van der Waals surface area (Å²) in [5, 5.41) is 0. The molecule has 0 saturated carbocycles. The Hall–Kier alpha value is -2.01. The lowest BCUT2D eigenvalue weighted by Gasteiger charge is -2.05. The van der Waals surface area contributed by atoms with Gasteiger partial charge in [0.2, 0.25) is 0 Å². The van der Waals surface area contributed by atoms with E-state index in [4.69, 9.17) is 9.47 Å². The van der Waals surface area contributed by atoms with E-state index in [1.807, 2.05) is 42.5 Å². The van der Waals surface area contributed by atoms with E-state index in [0.29, 0.717) is 6.61 Å². The second-order valence-corrected chi connectivity index (χ2v) is 5.22. The predicted molar refractivity (Wildman–Crippen MR) is 81.1 cm³/mol. The monoisotopic (exact) mass is 332 g/mol. The highest BCUT2D eigenvalue weighted by Crippen LogP contribution is 2.20. The lowest BCUT2D eigenvalue weighted by Crippen LogP contribution is -1.97. The topological polar surface area (TPSA) is 47.1 Å². The van der Waals surface area contributed by atoms with E-state index in [9.17, 15) is 0 Å². The number of benzene rings is 2. The Kier molecular flexibility index (Phi) is 3.60. The molecule has 4 nitrogen and oxygen atoms in total. The molecule has 20 heavy (non-hydrogen) atoms. The fourth-order valence-corrected chi connectivity index (χ4v) is 2.29. The van der Waals surface area contributed by atoms with Gasteiger partial charge in [-0.2, -0.15) is 0 Å². The van der Waals surface area contributed by atoms with E-state index in [1.165, 1.54) is 0 Å². The lowest BCUT2D eigenvalue weighted by atomic mass is 10.3. The third-order valence-corrected chi connectivity index (χ3v) is 3.42. The first kappa shape index (κ1) is 13.0. The summed E-state index contributed by atoms with van der Waals surface area (Å²) in [4.78, 5) is 7.71. The number of aromatic amines is 1. The number of hydrogen-bond acceptors (Lipinski definition) is 3. The zero-order chi connectivity index (χ0) is 13.9. The number of halogens is 1. The van der Waals surface area contributed by atoms with E-state index < -0.39 is 0 Å². The molecule has 0 atom stereocenters. The van der Waals surface area contributed by atoms with Crippen LogP contribution in [0.2, 0.25) is 0 Å². The molecule has 102 valence electrons. The fourth-order valence-electron chi connectivity index (χ4n) is 1.93. The van der Waals surface area contributed by atoms with Gasteiger partial charge in [-0.25, -0.2) is 4.98 Å². The molecule has 1 N–H and O–H groups in total. The van der Waals surface area contributed by atoms with Gasteiger partial charge in [-0.15, -0.1) is 0 Å². The zero-order valence-corrected chi connectivity index (χ0v) is 12.5. The van der Waals surface area contributed by atoms with E-state index in [1.54, 1.807) is 7.11 Å². The van der Waals surface area contributed by atoms with Gasteiger partial charge in [0.1, 0.15) is 23.9 Å². The molecule has 0 unspecified atom stereocenters. The second-order valence-electron chi connectivity index (χ2n) is 4.31. The average Bonchev–Trinajstić information content (AvgIpc) is 2.87. The Labute approximate surface area is 124 Å². The van der Waals surface area contributed by atoms with Crippen molar-refractivity contribution in [1.82, 2.24) is 9.97 Å². The molecule has 5 heteroatoms. The van der Waals surface area contributed by atoms with Crippen molar-refractivity contribution in [1.29, 1.82) is 0 Å². The van der Waals surface area contributed by atoms with Crippen molar-refractivity contribution >= 4 is 27.0 Å². The summed E-state index contributed by atoms with van der Waals surface area (Å²) in [5.74, 6) is 2.40. The van der Waals surface area contributed by atoms with Crippen LogP contribution in [0, 0.1) is 0 Å². The lowest BCUT2D eigenvalue weighted by molar-refractivity contribution is 0.297. The van der Waals surface area contributed by atoms with Crippen molar-refractivity contribution in [3.63, 3.8) is 0 Å². The van der Waals surface area contributed by atoms with Gasteiger partial charge in [0, 0.05) is 4.47 Å². The van der Waals surface area contributed by atoms with E-state index in [0.717, 1.165) is 32.8 Å². The van der Waals surface area contributed by atoms with Crippen LogP contribution in [-0.4, -0.2) is 17.1 Å². The number of fused-ring (bicyclic) bond motifs is 1. The Morgan fingerprint density at radius 1 is 1.10 bits per heavy atom. The van der Waals surface area contributed by atoms with Crippen LogP contribution in [0.4, 0.5) is 0 Å². The number of rotatable bonds is 4. The normalized spacial score (nSPS) is 10.7. The van der Waals surface area contributed by atoms with E-state index >= 15 is 0 Å². The van der Waals surface area contributed by atoms with Crippen molar-refractivity contribution in [2.24, 2.45) is 0 Å². The largest absolute Gasteiger partial charge is 0.497 e. The molecule has 1 aromatic heterocycles. The predicted octanol–water partition coefficient (Wildman–Crippen LogP) is 3.91. The number of nitrogens with one attached hydrogen (secondary N) is 1.